The van der Waals surface area contributed by atoms with Gasteiger partial charge in [-0.05, 0) is 26.1 Å². The molecule has 0 amide bonds. The van der Waals surface area contributed by atoms with Gasteiger partial charge in [0, 0.05) is 6.54 Å². The van der Waals surface area contributed by atoms with Gasteiger partial charge in [0.1, 0.15) is 0 Å². The van der Waals surface area contributed by atoms with Crippen molar-refractivity contribution in [2.75, 3.05) is 26.2 Å². The van der Waals surface area contributed by atoms with Crippen LogP contribution in [-0.4, -0.2) is 37.0 Å². The van der Waals surface area contributed by atoms with E-state index in [4.69, 9.17) is 10.7 Å². The van der Waals surface area contributed by atoms with Crippen molar-refractivity contribution in [1.82, 2.24) is 15.5 Å². The van der Waals surface area contributed by atoms with Crippen LogP contribution in [0.25, 0.3) is 0 Å². The Morgan fingerprint density at radius 2 is 2.07 bits per heavy atom. The molecule has 0 heterocycles. The largest absolute Gasteiger partial charge is 0.356 e. The lowest BCUT2D eigenvalue weighted by molar-refractivity contribution is 0.300. The highest BCUT2D eigenvalue weighted by atomic mass is 15.1. The van der Waals surface area contributed by atoms with E-state index in [0.29, 0.717) is 0 Å². The number of hydrogen-bond acceptors (Lipinski definition) is 3. The molecule has 0 atom stereocenters. The summed E-state index contributed by atoms with van der Waals surface area (Å²) in [5.74, 6) is 0.0760. The van der Waals surface area contributed by atoms with Crippen LogP contribution in [0.4, 0.5) is 0 Å². The van der Waals surface area contributed by atoms with E-state index in [0.717, 1.165) is 32.6 Å². The van der Waals surface area contributed by atoms with Crippen LogP contribution < -0.4 is 10.6 Å². The standard InChI is InChI=1S/C9H19N5/c1-3-14(4-2)7-5-6-12-9(11)13-8-10/h3-7H2,1-2H3,(H3,11,12,13). The number of guanidine groups is 1. The molecule has 80 valence electrons. The first kappa shape index (κ1) is 12.7. The Balaban J connectivity index is 3.37. The molecular weight excluding hydrogens is 178 g/mol. The van der Waals surface area contributed by atoms with E-state index in [9.17, 15) is 0 Å². The molecule has 0 fully saturated rings. The van der Waals surface area contributed by atoms with Crippen LogP contribution in [0.5, 0.6) is 0 Å². The zero-order chi connectivity index (χ0) is 10.8. The molecular formula is C9H19N5. The van der Waals surface area contributed by atoms with Crippen LogP contribution in [0.1, 0.15) is 20.3 Å². The number of hydrogen-bond donors (Lipinski definition) is 3. The van der Waals surface area contributed by atoms with Crippen molar-refractivity contribution in [3.05, 3.63) is 0 Å². The highest BCUT2D eigenvalue weighted by molar-refractivity contribution is 5.77. The van der Waals surface area contributed by atoms with E-state index >= 15 is 0 Å². The van der Waals surface area contributed by atoms with Crippen LogP contribution in [-0.2, 0) is 0 Å². The average molecular weight is 197 g/mol. The van der Waals surface area contributed by atoms with Gasteiger partial charge in [-0.1, -0.05) is 13.8 Å². The van der Waals surface area contributed by atoms with Crippen LogP contribution in [0.2, 0.25) is 0 Å². The predicted molar refractivity (Wildman–Crippen MR) is 56.9 cm³/mol. The minimum Gasteiger partial charge on any atom is -0.356 e. The first-order chi connectivity index (χ1) is 6.74. The normalized spacial score (nSPS) is 9.57. The third-order valence-electron chi connectivity index (χ3n) is 2.03. The van der Waals surface area contributed by atoms with Gasteiger partial charge in [-0.2, -0.15) is 5.26 Å². The van der Waals surface area contributed by atoms with Crippen LogP contribution in [0.3, 0.4) is 0 Å². The first-order valence-electron chi connectivity index (χ1n) is 4.94. The molecule has 3 N–H and O–H groups in total. The van der Waals surface area contributed by atoms with Gasteiger partial charge >= 0.3 is 0 Å². The van der Waals surface area contributed by atoms with Crippen molar-refractivity contribution in [2.24, 2.45) is 0 Å². The topological polar surface area (TPSA) is 74.9 Å². The summed E-state index contributed by atoms with van der Waals surface area (Å²) in [5.41, 5.74) is 0. The molecule has 5 nitrogen and oxygen atoms in total. The Bertz CT molecular complexity index is 192. The lowest BCUT2D eigenvalue weighted by Gasteiger charge is -2.17. The number of nitrogens with one attached hydrogen (secondary N) is 3. The quantitative estimate of drug-likeness (QED) is 0.188. The second-order valence-corrected chi connectivity index (χ2v) is 2.92. The molecule has 0 aliphatic heterocycles. The Labute approximate surface area is 85.6 Å². The summed E-state index contributed by atoms with van der Waals surface area (Å²) in [4.78, 5) is 2.32. The molecule has 0 aromatic carbocycles. The summed E-state index contributed by atoms with van der Waals surface area (Å²) in [6, 6.07) is 0. The molecule has 0 saturated heterocycles. The second kappa shape index (κ2) is 8.32. The van der Waals surface area contributed by atoms with Crippen molar-refractivity contribution in [3.63, 3.8) is 0 Å². The van der Waals surface area contributed by atoms with Gasteiger partial charge in [-0.25, -0.2) is 0 Å². The highest BCUT2D eigenvalue weighted by Gasteiger charge is 1.98. The van der Waals surface area contributed by atoms with Crippen LogP contribution in [0, 0.1) is 16.9 Å². The third kappa shape index (κ3) is 6.26. The molecule has 0 rings (SSSR count). The zero-order valence-electron chi connectivity index (χ0n) is 8.93. The minimum absolute atomic E-state index is 0.0760. The summed E-state index contributed by atoms with van der Waals surface area (Å²) in [7, 11) is 0. The van der Waals surface area contributed by atoms with Crippen molar-refractivity contribution >= 4 is 5.96 Å². The molecule has 0 aliphatic rings. The maximum absolute atomic E-state index is 8.21. The molecule has 0 aromatic rings. The van der Waals surface area contributed by atoms with Gasteiger partial charge in [0.05, 0.1) is 0 Å². The minimum atomic E-state index is 0.0760. The Morgan fingerprint density at radius 1 is 1.43 bits per heavy atom. The smallest absolute Gasteiger partial charge is 0.201 e. The van der Waals surface area contributed by atoms with Gasteiger partial charge < -0.3 is 10.2 Å². The summed E-state index contributed by atoms with van der Waals surface area (Å²) in [6.07, 6.45) is 2.68. The van der Waals surface area contributed by atoms with Crippen LogP contribution >= 0.6 is 0 Å². The molecule has 0 bridgehead atoms. The van der Waals surface area contributed by atoms with Gasteiger partial charge in [-0.3, -0.25) is 10.7 Å². The fourth-order valence-electron chi connectivity index (χ4n) is 1.16. The lowest BCUT2D eigenvalue weighted by atomic mass is 10.3. The molecule has 0 aromatic heterocycles. The SMILES string of the molecule is CCN(CC)CCCNC(=N)NC#N. The molecule has 14 heavy (non-hydrogen) atoms. The van der Waals surface area contributed by atoms with E-state index in [-0.39, 0.29) is 5.96 Å². The number of nitrogens with zero attached hydrogens (tertiary/aromatic N) is 2. The summed E-state index contributed by atoms with van der Waals surface area (Å²) in [6.45, 7) is 8.14. The van der Waals surface area contributed by atoms with Crippen molar-refractivity contribution < 1.29 is 0 Å². The summed E-state index contributed by atoms with van der Waals surface area (Å²) < 4.78 is 0. The van der Waals surface area contributed by atoms with E-state index in [1.807, 2.05) is 0 Å². The van der Waals surface area contributed by atoms with E-state index in [1.54, 1.807) is 6.19 Å². The van der Waals surface area contributed by atoms with Crippen molar-refractivity contribution in [1.29, 1.82) is 10.7 Å². The van der Waals surface area contributed by atoms with Crippen LogP contribution in [0.15, 0.2) is 0 Å². The lowest BCUT2D eigenvalue weighted by Crippen LogP contribution is -2.35. The third-order valence-corrected chi connectivity index (χ3v) is 2.03. The summed E-state index contributed by atoms with van der Waals surface area (Å²) in [5, 5.41) is 20.4. The molecule has 0 saturated carbocycles. The Kier molecular flexibility index (Phi) is 7.56. The number of rotatable bonds is 6. The van der Waals surface area contributed by atoms with Gasteiger partial charge in [-0.15, -0.1) is 0 Å². The second-order valence-electron chi connectivity index (χ2n) is 2.92. The Morgan fingerprint density at radius 3 is 2.57 bits per heavy atom. The van der Waals surface area contributed by atoms with E-state index in [1.165, 1.54) is 0 Å². The van der Waals surface area contributed by atoms with Gasteiger partial charge in [0.15, 0.2) is 6.19 Å². The molecule has 0 radical (unpaired) electrons. The number of nitriles is 1. The fraction of sp³-hybridized carbons (Fsp3) is 0.778. The van der Waals surface area contributed by atoms with Gasteiger partial charge in [0.2, 0.25) is 5.96 Å². The predicted octanol–water partition coefficient (Wildman–Crippen LogP) is 0.313. The summed E-state index contributed by atoms with van der Waals surface area (Å²) >= 11 is 0. The maximum atomic E-state index is 8.21. The zero-order valence-corrected chi connectivity index (χ0v) is 8.93. The Hall–Kier alpha value is -1.28. The monoisotopic (exact) mass is 197 g/mol. The van der Waals surface area contributed by atoms with Crippen molar-refractivity contribution in [3.8, 4) is 6.19 Å². The molecule has 5 heteroatoms. The maximum Gasteiger partial charge on any atom is 0.201 e. The average Bonchev–Trinajstić information content (AvgIpc) is 2.19. The van der Waals surface area contributed by atoms with Gasteiger partial charge in [0.25, 0.3) is 0 Å². The van der Waals surface area contributed by atoms with E-state index < -0.39 is 0 Å². The molecule has 0 spiro atoms. The highest BCUT2D eigenvalue weighted by Crippen LogP contribution is 1.88. The van der Waals surface area contributed by atoms with E-state index in [2.05, 4.69) is 29.4 Å². The fourth-order valence-corrected chi connectivity index (χ4v) is 1.16. The molecule has 0 aliphatic carbocycles. The van der Waals surface area contributed by atoms with Crippen molar-refractivity contribution in [2.45, 2.75) is 20.3 Å². The molecule has 0 unspecified atom stereocenters. The first-order valence-corrected chi connectivity index (χ1v) is 4.94.